The molecule has 0 atom stereocenters. The topological polar surface area (TPSA) is 102 Å². The molecule has 1 amide bonds. The predicted molar refractivity (Wildman–Crippen MR) is 127 cm³/mol. The van der Waals surface area contributed by atoms with E-state index in [0.29, 0.717) is 11.4 Å². The Balaban J connectivity index is 1.58. The van der Waals surface area contributed by atoms with Gasteiger partial charge in [-0.05, 0) is 55.5 Å². The molecule has 0 saturated carbocycles. The van der Waals surface area contributed by atoms with Gasteiger partial charge in [-0.15, -0.1) is 0 Å². The van der Waals surface area contributed by atoms with Crippen molar-refractivity contribution in [1.29, 1.82) is 0 Å². The lowest BCUT2D eigenvalue weighted by molar-refractivity contribution is 0.102. The summed E-state index contributed by atoms with van der Waals surface area (Å²) in [5.41, 5.74) is 0.583. The normalized spacial score (nSPS) is 11.3. The molecule has 0 aliphatic rings. The van der Waals surface area contributed by atoms with E-state index in [9.17, 15) is 22.4 Å². The molecule has 2 N–H and O–H groups in total. The summed E-state index contributed by atoms with van der Waals surface area (Å²) >= 11 is 0. The summed E-state index contributed by atoms with van der Waals surface area (Å²) in [4.78, 5) is 25.3. The number of rotatable bonds is 6. The number of halogens is 1. The standard InChI is InChI=1S/C24H21FN4O4S/c1-16-22(24(31)29(28(16)2)18-8-4-3-5-9-18)27-34(32,33)19-14-12-17(13-15-19)23(30)26-21-11-7-6-10-20(21)25/h3-15,27H,1-2H3,(H,26,30). The predicted octanol–water partition coefficient (Wildman–Crippen LogP) is 3.68. The molecule has 34 heavy (non-hydrogen) atoms. The average molecular weight is 481 g/mol. The van der Waals surface area contributed by atoms with Crippen molar-refractivity contribution in [2.45, 2.75) is 11.8 Å². The van der Waals surface area contributed by atoms with Crippen molar-refractivity contribution in [3.8, 4) is 5.69 Å². The third-order valence-electron chi connectivity index (χ3n) is 5.34. The van der Waals surface area contributed by atoms with Gasteiger partial charge in [0.2, 0.25) is 0 Å². The molecule has 10 heteroatoms. The summed E-state index contributed by atoms with van der Waals surface area (Å²) in [6, 6.07) is 19.7. The number of nitrogens with zero attached hydrogens (tertiary/aromatic N) is 2. The first-order valence-corrected chi connectivity index (χ1v) is 11.7. The van der Waals surface area contributed by atoms with E-state index in [1.54, 1.807) is 49.0 Å². The molecule has 4 aromatic rings. The largest absolute Gasteiger partial charge is 0.319 e. The second-order valence-corrected chi connectivity index (χ2v) is 9.18. The molecule has 0 unspecified atom stereocenters. The number of aromatic nitrogens is 2. The third kappa shape index (κ3) is 4.35. The first-order valence-electron chi connectivity index (χ1n) is 10.2. The van der Waals surface area contributed by atoms with Crippen molar-refractivity contribution >= 4 is 27.3 Å². The van der Waals surface area contributed by atoms with Crippen LogP contribution in [0.5, 0.6) is 0 Å². The van der Waals surface area contributed by atoms with Crippen LogP contribution in [0.15, 0.2) is 88.6 Å². The van der Waals surface area contributed by atoms with Crippen LogP contribution in [-0.2, 0) is 17.1 Å². The number of anilines is 2. The zero-order chi connectivity index (χ0) is 24.5. The highest BCUT2D eigenvalue weighted by atomic mass is 32.2. The second kappa shape index (κ2) is 8.99. The van der Waals surface area contributed by atoms with Gasteiger partial charge in [-0.2, -0.15) is 0 Å². The van der Waals surface area contributed by atoms with Gasteiger partial charge in [0, 0.05) is 12.6 Å². The highest BCUT2D eigenvalue weighted by molar-refractivity contribution is 7.92. The summed E-state index contributed by atoms with van der Waals surface area (Å²) in [5.74, 6) is -1.18. The van der Waals surface area contributed by atoms with E-state index in [1.165, 1.54) is 47.1 Å². The Bertz CT molecular complexity index is 1530. The van der Waals surface area contributed by atoms with Gasteiger partial charge in [0.05, 0.1) is 22.0 Å². The molecule has 0 saturated heterocycles. The summed E-state index contributed by atoms with van der Waals surface area (Å²) in [5, 5.41) is 2.44. The van der Waals surface area contributed by atoms with Gasteiger partial charge < -0.3 is 5.32 Å². The van der Waals surface area contributed by atoms with E-state index in [1.807, 2.05) is 6.07 Å². The van der Waals surface area contributed by atoms with Gasteiger partial charge in [-0.25, -0.2) is 17.5 Å². The smallest absolute Gasteiger partial charge is 0.296 e. The van der Waals surface area contributed by atoms with Gasteiger partial charge in [0.1, 0.15) is 11.5 Å². The van der Waals surface area contributed by atoms with Crippen LogP contribution in [0, 0.1) is 12.7 Å². The fourth-order valence-electron chi connectivity index (χ4n) is 3.42. The van der Waals surface area contributed by atoms with E-state index in [4.69, 9.17) is 0 Å². The van der Waals surface area contributed by atoms with Gasteiger partial charge in [-0.1, -0.05) is 30.3 Å². The summed E-state index contributed by atoms with van der Waals surface area (Å²) in [7, 11) is -2.46. The Morgan fingerprint density at radius 2 is 1.53 bits per heavy atom. The average Bonchev–Trinajstić information content (AvgIpc) is 3.04. The first-order chi connectivity index (χ1) is 16.2. The number of carbonyl (C=O) groups excluding carboxylic acids is 1. The van der Waals surface area contributed by atoms with Gasteiger partial charge in [0.25, 0.3) is 21.5 Å². The molecular weight excluding hydrogens is 459 g/mol. The lowest BCUT2D eigenvalue weighted by Crippen LogP contribution is -2.23. The van der Waals surface area contributed by atoms with Gasteiger partial charge in [-0.3, -0.25) is 19.0 Å². The van der Waals surface area contributed by atoms with Crippen molar-refractivity contribution in [2.75, 3.05) is 10.0 Å². The third-order valence-corrected chi connectivity index (χ3v) is 6.71. The minimum absolute atomic E-state index is 0.0140. The number of hydrogen-bond donors (Lipinski definition) is 2. The van der Waals surface area contributed by atoms with Crippen molar-refractivity contribution in [1.82, 2.24) is 9.36 Å². The number of hydrogen-bond acceptors (Lipinski definition) is 4. The minimum Gasteiger partial charge on any atom is -0.319 e. The van der Waals surface area contributed by atoms with Crippen LogP contribution >= 0.6 is 0 Å². The highest BCUT2D eigenvalue weighted by Gasteiger charge is 2.23. The fraction of sp³-hybridized carbons (Fsp3) is 0.0833. The van der Waals surface area contributed by atoms with Crippen LogP contribution in [0.25, 0.3) is 5.69 Å². The van der Waals surface area contributed by atoms with Crippen molar-refractivity contribution in [3.63, 3.8) is 0 Å². The maximum Gasteiger partial charge on any atom is 0.296 e. The molecule has 4 rings (SSSR count). The van der Waals surface area contributed by atoms with E-state index >= 15 is 0 Å². The van der Waals surface area contributed by atoms with E-state index < -0.39 is 27.3 Å². The lowest BCUT2D eigenvalue weighted by atomic mass is 10.2. The summed E-state index contributed by atoms with van der Waals surface area (Å²) in [6.45, 7) is 1.63. The Kier molecular flexibility index (Phi) is 6.08. The quantitative estimate of drug-likeness (QED) is 0.440. The van der Waals surface area contributed by atoms with Gasteiger partial charge >= 0.3 is 0 Å². The van der Waals surface area contributed by atoms with Crippen LogP contribution in [0.1, 0.15) is 16.1 Å². The molecular formula is C24H21FN4O4S. The molecule has 3 aromatic carbocycles. The Morgan fingerprint density at radius 1 is 0.912 bits per heavy atom. The number of sulfonamides is 1. The summed E-state index contributed by atoms with van der Waals surface area (Å²) in [6.07, 6.45) is 0. The monoisotopic (exact) mass is 480 g/mol. The molecule has 1 heterocycles. The van der Waals surface area contributed by atoms with Crippen molar-refractivity contribution in [2.24, 2.45) is 7.05 Å². The van der Waals surface area contributed by atoms with Crippen LogP contribution < -0.4 is 15.6 Å². The Hall–Kier alpha value is -4.18. The second-order valence-electron chi connectivity index (χ2n) is 7.50. The minimum atomic E-state index is -4.12. The Morgan fingerprint density at radius 3 is 2.18 bits per heavy atom. The number of carbonyl (C=O) groups is 1. The number of nitrogens with one attached hydrogen (secondary N) is 2. The number of benzene rings is 3. The van der Waals surface area contributed by atoms with Crippen LogP contribution in [0.2, 0.25) is 0 Å². The molecule has 1 aromatic heterocycles. The highest BCUT2D eigenvalue weighted by Crippen LogP contribution is 2.20. The molecule has 0 spiro atoms. The van der Waals surface area contributed by atoms with E-state index in [2.05, 4.69) is 10.0 Å². The maximum atomic E-state index is 13.8. The molecule has 0 aliphatic heterocycles. The van der Waals surface area contributed by atoms with Crippen LogP contribution in [-0.4, -0.2) is 23.7 Å². The fourth-order valence-corrected chi connectivity index (χ4v) is 4.54. The molecule has 0 radical (unpaired) electrons. The maximum absolute atomic E-state index is 13.8. The van der Waals surface area contributed by atoms with Crippen LogP contribution in [0.4, 0.5) is 15.8 Å². The molecule has 174 valence electrons. The molecule has 8 nitrogen and oxygen atoms in total. The Labute approximate surface area is 195 Å². The summed E-state index contributed by atoms with van der Waals surface area (Å²) < 4.78 is 45.0. The molecule has 0 fully saturated rings. The van der Waals surface area contributed by atoms with Crippen molar-refractivity contribution < 1.29 is 17.6 Å². The number of para-hydroxylation sites is 2. The zero-order valence-corrected chi connectivity index (χ0v) is 19.1. The number of amides is 1. The van der Waals surface area contributed by atoms with Crippen molar-refractivity contribution in [3.05, 3.63) is 106 Å². The zero-order valence-electron chi connectivity index (χ0n) is 18.3. The lowest BCUT2D eigenvalue weighted by Gasteiger charge is -2.09. The first kappa shape index (κ1) is 23.0. The van der Waals surface area contributed by atoms with Gasteiger partial charge in [0.15, 0.2) is 0 Å². The van der Waals surface area contributed by atoms with Crippen LogP contribution in [0.3, 0.4) is 0 Å². The molecule has 0 bridgehead atoms. The van der Waals surface area contributed by atoms with E-state index in [-0.39, 0.29) is 21.8 Å². The molecule has 0 aliphatic carbocycles. The SMILES string of the molecule is Cc1c(NS(=O)(=O)c2ccc(C(=O)Nc3ccccc3F)cc2)c(=O)n(-c2ccccc2)n1C. The van der Waals surface area contributed by atoms with E-state index in [0.717, 1.165) is 0 Å².